The van der Waals surface area contributed by atoms with Crippen molar-refractivity contribution in [2.45, 2.75) is 38.2 Å². The van der Waals surface area contributed by atoms with E-state index in [1.165, 1.54) is 16.9 Å². The Labute approximate surface area is 148 Å². The fourth-order valence-electron chi connectivity index (χ4n) is 2.99. The van der Waals surface area contributed by atoms with Gasteiger partial charge in [0.25, 0.3) is 5.91 Å². The average Bonchev–Trinajstić information content (AvgIpc) is 2.58. The maximum Gasteiger partial charge on any atom is 0.254 e. The molecule has 1 aromatic heterocycles. The third-order valence-electron chi connectivity index (χ3n) is 4.75. The minimum absolute atomic E-state index is 0.0586. The molecule has 6 nitrogen and oxygen atoms in total. The summed E-state index contributed by atoms with van der Waals surface area (Å²) in [7, 11) is 3.42. The van der Waals surface area contributed by atoms with E-state index in [1.807, 2.05) is 11.0 Å². The van der Waals surface area contributed by atoms with E-state index in [1.54, 1.807) is 32.4 Å². The van der Waals surface area contributed by atoms with Crippen LogP contribution in [0.2, 0.25) is 0 Å². The molecule has 1 aliphatic heterocycles. The molecule has 6 heteroatoms. The van der Waals surface area contributed by atoms with Crippen molar-refractivity contribution in [3.8, 4) is 5.88 Å². The first kappa shape index (κ1) is 17.5. The molecule has 1 saturated carbocycles. The van der Waals surface area contributed by atoms with Crippen LogP contribution < -0.4 is 4.74 Å². The van der Waals surface area contributed by atoms with Gasteiger partial charge in [-0.25, -0.2) is 4.98 Å². The molecule has 0 unspecified atom stereocenters. The van der Waals surface area contributed by atoms with Crippen molar-refractivity contribution in [2.75, 3.05) is 27.2 Å². The van der Waals surface area contributed by atoms with Crippen LogP contribution in [0.3, 0.4) is 0 Å². The number of hydrogen-bond acceptors (Lipinski definition) is 4. The van der Waals surface area contributed by atoms with Crippen molar-refractivity contribution in [2.24, 2.45) is 0 Å². The number of amides is 2. The first-order valence-corrected chi connectivity index (χ1v) is 8.85. The normalized spacial score (nSPS) is 17.7. The smallest absolute Gasteiger partial charge is 0.254 e. The molecule has 1 saturated heterocycles. The molecule has 2 heterocycles. The molecule has 1 aromatic rings. The van der Waals surface area contributed by atoms with E-state index < -0.39 is 0 Å². The summed E-state index contributed by atoms with van der Waals surface area (Å²) >= 11 is 0. The van der Waals surface area contributed by atoms with E-state index in [-0.39, 0.29) is 17.9 Å². The summed E-state index contributed by atoms with van der Waals surface area (Å²) in [4.78, 5) is 31.7. The lowest BCUT2D eigenvalue weighted by atomic mass is 9.92. The first-order chi connectivity index (χ1) is 12.0. The second-order valence-electron chi connectivity index (χ2n) is 6.88. The Morgan fingerprint density at radius 1 is 1.24 bits per heavy atom. The van der Waals surface area contributed by atoms with E-state index in [0.717, 1.165) is 25.7 Å². The van der Waals surface area contributed by atoms with Crippen molar-refractivity contribution in [3.63, 3.8) is 0 Å². The lowest BCUT2D eigenvalue weighted by molar-refractivity contribution is -0.127. The Morgan fingerprint density at radius 2 is 1.96 bits per heavy atom. The zero-order valence-electron chi connectivity index (χ0n) is 14.9. The van der Waals surface area contributed by atoms with Gasteiger partial charge in [0, 0.05) is 58.4 Å². The molecule has 0 aromatic carbocycles. The summed E-state index contributed by atoms with van der Waals surface area (Å²) in [6, 6.07) is 3.46. The number of aromatic nitrogens is 1. The summed E-state index contributed by atoms with van der Waals surface area (Å²) in [5, 5.41) is 0. The maximum atomic E-state index is 12.2. The van der Waals surface area contributed by atoms with E-state index in [4.69, 9.17) is 4.74 Å². The van der Waals surface area contributed by atoms with E-state index >= 15 is 0 Å². The van der Waals surface area contributed by atoms with Crippen LogP contribution in [0.15, 0.2) is 30.0 Å². The van der Waals surface area contributed by atoms with Gasteiger partial charge in [0.2, 0.25) is 11.8 Å². The monoisotopic (exact) mass is 343 g/mol. The van der Waals surface area contributed by atoms with Gasteiger partial charge in [-0.1, -0.05) is 5.57 Å². The van der Waals surface area contributed by atoms with Gasteiger partial charge in [-0.15, -0.1) is 0 Å². The highest BCUT2D eigenvalue weighted by atomic mass is 16.5. The van der Waals surface area contributed by atoms with E-state index in [0.29, 0.717) is 24.5 Å². The maximum absolute atomic E-state index is 12.2. The zero-order chi connectivity index (χ0) is 17.8. The molecule has 0 bridgehead atoms. The highest BCUT2D eigenvalue weighted by Gasteiger charge is 2.24. The highest BCUT2D eigenvalue weighted by molar-refractivity contribution is 5.93. The molecule has 3 rings (SSSR count). The number of ether oxygens (including phenoxy) is 1. The predicted octanol–water partition coefficient (Wildman–Crippen LogP) is 2.26. The minimum Gasteiger partial charge on any atom is -0.474 e. The number of carbonyl (C=O) groups is 2. The molecule has 2 amide bonds. The quantitative estimate of drug-likeness (QED) is 0.787. The second kappa shape index (κ2) is 7.68. The van der Waals surface area contributed by atoms with Gasteiger partial charge >= 0.3 is 0 Å². The molecule has 134 valence electrons. The SMILES string of the molecule is CN(C)C(=O)c1ccc(OC2CCN(C(=O)C=C3CCC3)CC2)nc1. The number of likely N-dealkylation sites (tertiary alicyclic amines) is 1. The molecule has 0 N–H and O–H groups in total. The summed E-state index contributed by atoms with van der Waals surface area (Å²) in [6.07, 6.45) is 8.37. The molecule has 0 atom stereocenters. The zero-order valence-corrected chi connectivity index (χ0v) is 14.9. The van der Waals surface area contributed by atoms with Crippen LogP contribution in [0.1, 0.15) is 42.5 Å². The summed E-state index contributed by atoms with van der Waals surface area (Å²) < 4.78 is 5.90. The topological polar surface area (TPSA) is 62.7 Å². The summed E-state index contributed by atoms with van der Waals surface area (Å²) in [6.45, 7) is 1.43. The van der Waals surface area contributed by atoms with Crippen LogP contribution in [0, 0.1) is 0 Å². The van der Waals surface area contributed by atoms with Crippen LogP contribution in [0.4, 0.5) is 0 Å². The Bertz CT molecular complexity index is 653. The van der Waals surface area contributed by atoms with Crippen molar-refractivity contribution in [3.05, 3.63) is 35.5 Å². The fraction of sp³-hybridized carbons (Fsp3) is 0.526. The van der Waals surface area contributed by atoms with E-state index in [2.05, 4.69) is 4.98 Å². The molecule has 2 aliphatic rings. The average molecular weight is 343 g/mol. The Balaban J connectivity index is 1.48. The van der Waals surface area contributed by atoms with Gasteiger partial charge < -0.3 is 14.5 Å². The van der Waals surface area contributed by atoms with E-state index in [9.17, 15) is 9.59 Å². The van der Waals surface area contributed by atoms with Crippen LogP contribution in [-0.4, -0.2) is 59.9 Å². The van der Waals surface area contributed by atoms with Gasteiger partial charge in [-0.2, -0.15) is 0 Å². The Kier molecular flexibility index (Phi) is 5.36. The van der Waals surface area contributed by atoms with Crippen molar-refractivity contribution in [1.29, 1.82) is 0 Å². The third-order valence-corrected chi connectivity index (χ3v) is 4.75. The standard InChI is InChI=1S/C19H25N3O3/c1-21(2)19(24)15-6-7-17(20-13-15)25-16-8-10-22(11-9-16)18(23)12-14-4-3-5-14/h6-7,12-13,16H,3-5,8-11H2,1-2H3. The second-order valence-corrected chi connectivity index (χ2v) is 6.88. The number of rotatable bonds is 4. The molecule has 0 spiro atoms. The van der Waals surface area contributed by atoms with Gasteiger partial charge in [-0.05, 0) is 25.3 Å². The lowest BCUT2D eigenvalue weighted by Crippen LogP contribution is -2.41. The molecule has 25 heavy (non-hydrogen) atoms. The van der Waals surface area contributed by atoms with Crippen molar-refractivity contribution < 1.29 is 14.3 Å². The van der Waals surface area contributed by atoms with Crippen LogP contribution in [0.5, 0.6) is 5.88 Å². The van der Waals surface area contributed by atoms with Gasteiger partial charge in [0.05, 0.1) is 5.56 Å². The minimum atomic E-state index is -0.0774. The number of pyridine rings is 1. The fourth-order valence-corrected chi connectivity index (χ4v) is 2.99. The summed E-state index contributed by atoms with van der Waals surface area (Å²) in [5.41, 5.74) is 1.82. The number of carbonyl (C=O) groups excluding carboxylic acids is 2. The van der Waals surface area contributed by atoms with Crippen LogP contribution >= 0.6 is 0 Å². The highest BCUT2D eigenvalue weighted by Crippen LogP contribution is 2.25. The predicted molar refractivity (Wildman–Crippen MR) is 94.4 cm³/mol. The Morgan fingerprint density at radius 3 is 2.48 bits per heavy atom. The van der Waals surface area contributed by atoms with Gasteiger partial charge in [0.15, 0.2) is 0 Å². The van der Waals surface area contributed by atoms with Crippen molar-refractivity contribution in [1.82, 2.24) is 14.8 Å². The third kappa shape index (κ3) is 4.38. The van der Waals surface area contributed by atoms with Crippen LogP contribution in [0.25, 0.3) is 0 Å². The number of piperidine rings is 1. The number of nitrogens with zero attached hydrogens (tertiary/aromatic N) is 3. The van der Waals surface area contributed by atoms with Gasteiger partial charge in [-0.3, -0.25) is 9.59 Å². The molecule has 2 fully saturated rings. The lowest BCUT2D eigenvalue weighted by Gasteiger charge is -2.31. The number of hydrogen-bond donors (Lipinski definition) is 0. The molecule has 1 aliphatic carbocycles. The summed E-state index contributed by atoms with van der Waals surface area (Å²) in [5.74, 6) is 0.584. The van der Waals surface area contributed by atoms with Crippen LogP contribution in [-0.2, 0) is 4.79 Å². The van der Waals surface area contributed by atoms with Gasteiger partial charge in [0.1, 0.15) is 6.10 Å². The largest absolute Gasteiger partial charge is 0.474 e. The number of allylic oxidation sites excluding steroid dienone is 1. The molecule has 0 radical (unpaired) electrons. The van der Waals surface area contributed by atoms with Crippen molar-refractivity contribution >= 4 is 11.8 Å². The molecular weight excluding hydrogens is 318 g/mol. The molecular formula is C19H25N3O3. The Hall–Kier alpha value is -2.37. The first-order valence-electron chi connectivity index (χ1n) is 8.85.